The maximum Gasteiger partial charge on any atom is 0.273 e. The molecular formula is C11H17N3O3S2. The van der Waals surface area contributed by atoms with E-state index < -0.39 is 0 Å². The van der Waals surface area contributed by atoms with Crippen LogP contribution in [0.25, 0.3) is 0 Å². The maximum absolute atomic E-state index is 11.8. The smallest absolute Gasteiger partial charge is 0.273 e. The standard InChI is InChI=1S/C11H17N3O3S2/c1-4-12-9(16)8-10(19-11(14-8)18-3)13-7(15)5-6-17-2/h4-6H2,1-3H3,(H,12,16)(H,13,15). The van der Waals surface area contributed by atoms with Gasteiger partial charge in [-0.2, -0.15) is 0 Å². The summed E-state index contributed by atoms with van der Waals surface area (Å²) in [7, 11) is 1.53. The molecule has 0 saturated carbocycles. The van der Waals surface area contributed by atoms with Gasteiger partial charge in [-0.15, -0.1) is 0 Å². The summed E-state index contributed by atoms with van der Waals surface area (Å²) in [6.07, 6.45) is 2.12. The van der Waals surface area contributed by atoms with Gasteiger partial charge in [-0.05, 0) is 13.2 Å². The molecule has 0 aliphatic carbocycles. The molecule has 2 amide bonds. The zero-order chi connectivity index (χ0) is 14.3. The molecule has 2 N–H and O–H groups in total. The fraction of sp³-hybridized carbons (Fsp3) is 0.545. The quantitative estimate of drug-likeness (QED) is 0.748. The van der Waals surface area contributed by atoms with E-state index in [0.29, 0.717) is 18.2 Å². The number of carbonyl (C=O) groups is 2. The number of hydrogen-bond donors (Lipinski definition) is 2. The molecule has 0 spiro atoms. The zero-order valence-electron chi connectivity index (χ0n) is 11.1. The van der Waals surface area contributed by atoms with Gasteiger partial charge in [-0.1, -0.05) is 23.1 Å². The number of anilines is 1. The van der Waals surface area contributed by atoms with Crippen molar-refractivity contribution in [1.82, 2.24) is 10.3 Å². The lowest BCUT2D eigenvalue weighted by atomic mass is 10.4. The van der Waals surface area contributed by atoms with Crippen LogP contribution in [0.5, 0.6) is 0 Å². The predicted octanol–water partition coefficient (Wildman–Crippen LogP) is 1.59. The second-order valence-electron chi connectivity index (χ2n) is 3.51. The molecule has 1 aromatic heterocycles. The molecule has 1 rings (SSSR count). The van der Waals surface area contributed by atoms with Crippen LogP contribution in [0.3, 0.4) is 0 Å². The molecule has 1 aromatic rings. The highest BCUT2D eigenvalue weighted by atomic mass is 32.2. The third kappa shape index (κ3) is 4.81. The van der Waals surface area contributed by atoms with Gasteiger partial charge in [0.25, 0.3) is 5.91 Å². The van der Waals surface area contributed by atoms with Crippen molar-refractivity contribution < 1.29 is 14.3 Å². The molecule has 0 fully saturated rings. The Hall–Kier alpha value is -1.12. The number of hydrogen-bond acceptors (Lipinski definition) is 6. The van der Waals surface area contributed by atoms with E-state index in [4.69, 9.17) is 4.74 Å². The van der Waals surface area contributed by atoms with Gasteiger partial charge in [0.15, 0.2) is 10.0 Å². The van der Waals surface area contributed by atoms with Crippen molar-refractivity contribution >= 4 is 39.9 Å². The zero-order valence-corrected chi connectivity index (χ0v) is 12.7. The summed E-state index contributed by atoms with van der Waals surface area (Å²) in [4.78, 5) is 27.7. The molecule has 19 heavy (non-hydrogen) atoms. The Bertz CT molecular complexity index is 448. The van der Waals surface area contributed by atoms with E-state index in [-0.39, 0.29) is 23.9 Å². The molecule has 0 atom stereocenters. The Balaban J connectivity index is 2.82. The summed E-state index contributed by atoms with van der Waals surface area (Å²) in [5.74, 6) is -0.468. The summed E-state index contributed by atoms with van der Waals surface area (Å²) in [6.45, 7) is 2.69. The number of aromatic nitrogens is 1. The maximum atomic E-state index is 11.8. The molecule has 1 heterocycles. The van der Waals surface area contributed by atoms with Gasteiger partial charge < -0.3 is 15.4 Å². The van der Waals surface area contributed by atoms with E-state index in [1.165, 1.54) is 30.2 Å². The highest BCUT2D eigenvalue weighted by Gasteiger charge is 2.19. The normalized spacial score (nSPS) is 10.3. The summed E-state index contributed by atoms with van der Waals surface area (Å²) in [5, 5.41) is 5.86. The minimum Gasteiger partial charge on any atom is -0.384 e. The van der Waals surface area contributed by atoms with Gasteiger partial charge in [0.2, 0.25) is 5.91 Å². The van der Waals surface area contributed by atoms with Gasteiger partial charge in [-0.25, -0.2) is 4.98 Å². The SMILES string of the molecule is CCNC(=O)c1nc(SC)sc1NC(=O)CCOC. The number of nitrogens with zero attached hydrogens (tertiary/aromatic N) is 1. The van der Waals surface area contributed by atoms with Crippen LogP contribution in [-0.2, 0) is 9.53 Å². The van der Waals surface area contributed by atoms with Crippen LogP contribution in [0, 0.1) is 0 Å². The minimum atomic E-state index is -0.277. The summed E-state index contributed by atoms with van der Waals surface area (Å²) >= 11 is 2.73. The number of rotatable bonds is 7. The lowest BCUT2D eigenvalue weighted by molar-refractivity contribution is -0.117. The number of thioether (sulfide) groups is 1. The minimum absolute atomic E-state index is 0.191. The predicted molar refractivity (Wildman–Crippen MR) is 77.0 cm³/mol. The lowest BCUT2D eigenvalue weighted by Gasteiger charge is -2.04. The monoisotopic (exact) mass is 303 g/mol. The third-order valence-corrected chi connectivity index (χ3v) is 4.08. The summed E-state index contributed by atoms with van der Waals surface area (Å²) in [6, 6.07) is 0. The van der Waals surface area contributed by atoms with Gasteiger partial charge >= 0.3 is 0 Å². The van der Waals surface area contributed by atoms with Crippen molar-refractivity contribution in [1.29, 1.82) is 0 Å². The first-order chi connectivity index (χ1) is 9.12. The second kappa shape index (κ2) is 8.13. The second-order valence-corrected chi connectivity index (χ2v) is 5.56. The van der Waals surface area contributed by atoms with Crippen molar-refractivity contribution in [3.05, 3.63) is 5.69 Å². The number of carbonyl (C=O) groups excluding carboxylic acids is 2. The highest BCUT2D eigenvalue weighted by Crippen LogP contribution is 2.30. The average Bonchev–Trinajstić information content (AvgIpc) is 2.79. The number of thiazole rings is 1. The molecule has 0 aliphatic rings. The van der Waals surface area contributed by atoms with Crippen LogP contribution in [0.2, 0.25) is 0 Å². The van der Waals surface area contributed by atoms with E-state index in [0.717, 1.165) is 4.34 Å². The largest absolute Gasteiger partial charge is 0.384 e. The molecule has 106 valence electrons. The highest BCUT2D eigenvalue weighted by molar-refractivity contribution is 8.00. The van der Waals surface area contributed by atoms with Crippen LogP contribution in [-0.4, -0.2) is 43.3 Å². The average molecular weight is 303 g/mol. The van der Waals surface area contributed by atoms with Crippen molar-refractivity contribution in [2.24, 2.45) is 0 Å². The van der Waals surface area contributed by atoms with Gasteiger partial charge in [0.1, 0.15) is 5.00 Å². The number of amides is 2. The summed E-state index contributed by atoms with van der Waals surface area (Å²) < 4.78 is 5.58. The number of methoxy groups -OCH3 is 1. The van der Waals surface area contributed by atoms with Crippen molar-refractivity contribution in [3.8, 4) is 0 Å². The molecule has 8 heteroatoms. The molecule has 0 aliphatic heterocycles. The van der Waals surface area contributed by atoms with Crippen LogP contribution in [0.15, 0.2) is 4.34 Å². The van der Waals surface area contributed by atoms with E-state index in [1.807, 2.05) is 13.2 Å². The van der Waals surface area contributed by atoms with Gasteiger partial charge in [0, 0.05) is 13.7 Å². The van der Waals surface area contributed by atoms with E-state index in [9.17, 15) is 9.59 Å². The lowest BCUT2D eigenvalue weighted by Crippen LogP contribution is -2.24. The third-order valence-electron chi connectivity index (χ3n) is 2.12. The van der Waals surface area contributed by atoms with E-state index in [1.54, 1.807) is 0 Å². The van der Waals surface area contributed by atoms with Gasteiger partial charge in [-0.3, -0.25) is 9.59 Å². The molecule has 0 bridgehead atoms. The van der Waals surface area contributed by atoms with Crippen molar-refractivity contribution in [3.63, 3.8) is 0 Å². The fourth-order valence-corrected chi connectivity index (χ4v) is 2.73. The Morgan fingerprint density at radius 3 is 2.79 bits per heavy atom. The fourth-order valence-electron chi connectivity index (χ4n) is 1.25. The Morgan fingerprint density at radius 2 is 2.21 bits per heavy atom. The first-order valence-corrected chi connectivity index (χ1v) is 7.78. The molecule has 0 aromatic carbocycles. The van der Waals surface area contributed by atoms with Crippen LogP contribution in [0.4, 0.5) is 5.00 Å². The molecule has 0 saturated heterocycles. The van der Waals surface area contributed by atoms with Crippen LogP contribution in [0.1, 0.15) is 23.8 Å². The van der Waals surface area contributed by atoms with Crippen LogP contribution >= 0.6 is 23.1 Å². The summed E-state index contributed by atoms with van der Waals surface area (Å²) in [5.41, 5.74) is 0.266. The van der Waals surface area contributed by atoms with Crippen molar-refractivity contribution in [2.45, 2.75) is 17.7 Å². The van der Waals surface area contributed by atoms with E-state index in [2.05, 4.69) is 15.6 Å². The number of ether oxygens (including phenoxy) is 1. The van der Waals surface area contributed by atoms with E-state index >= 15 is 0 Å². The van der Waals surface area contributed by atoms with Crippen LogP contribution < -0.4 is 10.6 Å². The molecule has 0 unspecified atom stereocenters. The molecular weight excluding hydrogens is 286 g/mol. The molecule has 0 radical (unpaired) electrons. The number of nitrogens with one attached hydrogen (secondary N) is 2. The molecule has 6 nitrogen and oxygen atoms in total. The first kappa shape index (κ1) is 15.9. The Kier molecular flexibility index (Phi) is 6.82. The van der Waals surface area contributed by atoms with Crippen molar-refractivity contribution in [2.75, 3.05) is 31.8 Å². The Labute approximate surface area is 120 Å². The van der Waals surface area contributed by atoms with Gasteiger partial charge in [0.05, 0.1) is 13.0 Å². The first-order valence-electron chi connectivity index (χ1n) is 5.74. The topological polar surface area (TPSA) is 80.3 Å². The Morgan fingerprint density at radius 1 is 1.47 bits per heavy atom.